The molecule has 3 N–H and O–H groups in total. The molecule has 0 radical (unpaired) electrons. The summed E-state index contributed by atoms with van der Waals surface area (Å²) in [6, 6.07) is -0.153. The van der Waals surface area contributed by atoms with Crippen molar-refractivity contribution in [3.63, 3.8) is 0 Å². The number of aliphatic hydroxyl groups is 1. The third kappa shape index (κ3) is 1.59. The van der Waals surface area contributed by atoms with Gasteiger partial charge in [-0.2, -0.15) is 0 Å². The molecule has 2 atom stereocenters. The topological polar surface area (TPSA) is 55.5 Å². The number of aliphatic hydroxyl groups excluding tert-OH is 1. The summed E-state index contributed by atoms with van der Waals surface area (Å²) in [7, 11) is 0. The lowest BCUT2D eigenvalue weighted by atomic mass is 10.2. The van der Waals surface area contributed by atoms with Gasteiger partial charge < -0.3 is 15.6 Å². The number of halogens is 1. The average molecular weight is 140 g/mol. The van der Waals surface area contributed by atoms with Gasteiger partial charge in [-0.25, -0.2) is 0 Å². The molecular formula is C4H10ClNO2. The summed E-state index contributed by atoms with van der Waals surface area (Å²) >= 11 is 0. The molecule has 8 heavy (non-hydrogen) atoms. The van der Waals surface area contributed by atoms with Crippen LogP contribution in [0.4, 0.5) is 0 Å². The van der Waals surface area contributed by atoms with E-state index < -0.39 is 6.10 Å². The summed E-state index contributed by atoms with van der Waals surface area (Å²) in [5.41, 5.74) is 5.30. The minimum absolute atomic E-state index is 0. The molecular weight excluding hydrogens is 130 g/mol. The minimum atomic E-state index is -0.431. The lowest BCUT2D eigenvalue weighted by molar-refractivity contribution is 0.125. The van der Waals surface area contributed by atoms with E-state index in [-0.39, 0.29) is 18.4 Å². The molecule has 0 bridgehead atoms. The second-order valence-corrected chi connectivity index (χ2v) is 1.77. The number of hydrogen-bond acceptors (Lipinski definition) is 3. The van der Waals surface area contributed by atoms with Gasteiger partial charge in [0.2, 0.25) is 0 Å². The number of rotatable bonds is 0. The molecule has 1 aliphatic rings. The van der Waals surface area contributed by atoms with E-state index in [4.69, 9.17) is 15.6 Å². The maximum Gasteiger partial charge on any atom is 0.0946 e. The molecule has 0 amide bonds. The first kappa shape index (κ1) is 8.17. The fourth-order valence-electron chi connectivity index (χ4n) is 0.560. The number of ether oxygens (including phenoxy) is 1. The third-order valence-corrected chi connectivity index (χ3v) is 1.09. The summed E-state index contributed by atoms with van der Waals surface area (Å²) < 4.78 is 4.79. The predicted molar refractivity (Wildman–Crippen MR) is 32.0 cm³/mol. The van der Waals surface area contributed by atoms with E-state index in [1.165, 1.54) is 0 Å². The van der Waals surface area contributed by atoms with Crippen molar-refractivity contribution in [2.24, 2.45) is 5.73 Å². The summed E-state index contributed by atoms with van der Waals surface area (Å²) in [6.45, 7) is 0.905. The number of nitrogens with two attached hydrogens (primary N) is 1. The van der Waals surface area contributed by atoms with Crippen molar-refractivity contribution in [2.75, 3.05) is 13.2 Å². The van der Waals surface area contributed by atoms with E-state index in [0.717, 1.165) is 0 Å². The monoisotopic (exact) mass is 139 g/mol. The standard InChI is InChI=1S/C4H9NO2.ClH/c5-3-1-7-2-4(3)6;/h3-4,6H,1-2,5H2;1H. The highest BCUT2D eigenvalue weighted by Gasteiger charge is 2.21. The van der Waals surface area contributed by atoms with Crippen molar-refractivity contribution in [3.05, 3.63) is 0 Å². The quantitative estimate of drug-likeness (QED) is 0.459. The Bertz CT molecular complexity index is 63.1. The van der Waals surface area contributed by atoms with Gasteiger partial charge in [0, 0.05) is 0 Å². The molecule has 0 saturated carbocycles. The van der Waals surface area contributed by atoms with Crippen LogP contribution in [-0.2, 0) is 4.74 Å². The first-order valence-corrected chi connectivity index (χ1v) is 2.32. The van der Waals surface area contributed by atoms with E-state index in [9.17, 15) is 0 Å². The highest BCUT2D eigenvalue weighted by molar-refractivity contribution is 5.85. The van der Waals surface area contributed by atoms with Gasteiger partial charge in [-0.05, 0) is 0 Å². The molecule has 1 rings (SSSR count). The van der Waals surface area contributed by atoms with Crippen molar-refractivity contribution in [1.82, 2.24) is 0 Å². The molecule has 0 aliphatic carbocycles. The van der Waals surface area contributed by atoms with Gasteiger partial charge in [0.1, 0.15) is 0 Å². The molecule has 1 heterocycles. The largest absolute Gasteiger partial charge is 0.389 e. The van der Waals surface area contributed by atoms with Crippen molar-refractivity contribution in [1.29, 1.82) is 0 Å². The van der Waals surface area contributed by atoms with E-state index >= 15 is 0 Å². The van der Waals surface area contributed by atoms with Crippen LogP contribution in [0.5, 0.6) is 0 Å². The molecule has 50 valence electrons. The van der Waals surface area contributed by atoms with Gasteiger partial charge in [-0.15, -0.1) is 12.4 Å². The Morgan fingerprint density at radius 3 is 2.25 bits per heavy atom. The Morgan fingerprint density at radius 2 is 2.12 bits per heavy atom. The summed E-state index contributed by atoms with van der Waals surface area (Å²) in [5, 5.41) is 8.75. The van der Waals surface area contributed by atoms with Gasteiger partial charge in [0.25, 0.3) is 0 Å². The molecule has 2 unspecified atom stereocenters. The Labute approximate surface area is 54.2 Å². The molecule has 1 fully saturated rings. The maximum absolute atomic E-state index is 8.75. The zero-order chi connectivity index (χ0) is 5.28. The van der Waals surface area contributed by atoms with E-state index in [1.807, 2.05) is 0 Å². The summed E-state index contributed by atoms with van der Waals surface area (Å²) in [6.07, 6.45) is -0.431. The van der Waals surface area contributed by atoms with Crippen LogP contribution in [0.1, 0.15) is 0 Å². The van der Waals surface area contributed by atoms with Crippen LogP contribution in [0, 0.1) is 0 Å². The lowest BCUT2D eigenvalue weighted by Crippen LogP contribution is -2.32. The van der Waals surface area contributed by atoms with E-state index in [0.29, 0.717) is 13.2 Å². The van der Waals surface area contributed by atoms with Crippen LogP contribution in [0.3, 0.4) is 0 Å². The zero-order valence-corrected chi connectivity index (χ0v) is 5.23. The fourth-order valence-corrected chi connectivity index (χ4v) is 0.560. The van der Waals surface area contributed by atoms with Gasteiger partial charge in [-0.3, -0.25) is 0 Å². The van der Waals surface area contributed by atoms with Crippen molar-refractivity contribution in [2.45, 2.75) is 12.1 Å². The van der Waals surface area contributed by atoms with Gasteiger partial charge >= 0.3 is 0 Å². The van der Waals surface area contributed by atoms with E-state index in [2.05, 4.69) is 0 Å². The summed E-state index contributed by atoms with van der Waals surface area (Å²) in [5.74, 6) is 0. The van der Waals surface area contributed by atoms with Crippen LogP contribution < -0.4 is 5.73 Å². The molecule has 0 aromatic heterocycles. The Balaban J connectivity index is 0.000000490. The lowest BCUT2D eigenvalue weighted by Gasteiger charge is -2.01. The highest BCUT2D eigenvalue weighted by Crippen LogP contribution is 2.00. The minimum Gasteiger partial charge on any atom is -0.389 e. The Morgan fingerprint density at radius 1 is 1.50 bits per heavy atom. The van der Waals surface area contributed by atoms with Gasteiger partial charge in [-0.1, -0.05) is 0 Å². The average Bonchev–Trinajstić information content (AvgIpc) is 1.91. The fraction of sp³-hybridized carbons (Fsp3) is 1.00. The molecule has 0 spiro atoms. The van der Waals surface area contributed by atoms with Crippen LogP contribution in [0.2, 0.25) is 0 Å². The second kappa shape index (κ2) is 3.25. The first-order chi connectivity index (χ1) is 3.30. The Hall–Kier alpha value is 0.170. The second-order valence-electron chi connectivity index (χ2n) is 1.77. The normalized spacial score (nSPS) is 36.8. The highest BCUT2D eigenvalue weighted by atomic mass is 35.5. The first-order valence-electron chi connectivity index (χ1n) is 2.32. The Kier molecular flexibility index (Phi) is 3.31. The number of hydrogen-bond donors (Lipinski definition) is 2. The van der Waals surface area contributed by atoms with Crippen molar-refractivity contribution in [3.8, 4) is 0 Å². The van der Waals surface area contributed by atoms with Crippen LogP contribution in [-0.4, -0.2) is 30.5 Å². The smallest absolute Gasteiger partial charge is 0.0946 e. The zero-order valence-electron chi connectivity index (χ0n) is 4.41. The molecule has 0 aromatic carbocycles. The maximum atomic E-state index is 8.75. The third-order valence-electron chi connectivity index (χ3n) is 1.09. The van der Waals surface area contributed by atoms with Crippen molar-refractivity contribution < 1.29 is 9.84 Å². The summed E-state index contributed by atoms with van der Waals surface area (Å²) in [4.78, 5) is 0. The SMILES string of the molecule is Cl.NC1COCC1O. The van der Waals surface area contributed by atoms with E-state index in [1.54, 1.807) is 0 Å². The molecule has 0 aromatic rings. The van der Waals surface area contributed by atoms with Crippen LogP contribution in [0.15, 0.2) is 0 Å². The molecule has 4 heteroatoms. The predicted octanol–water partition coefficient (Wildman–Crippen LogP) is -0.873. The molecule has 3 nitrogen and oxygen atoms in total. The molecule has 1 saturated heterocycles. The van der Waals surface area contributed by atoms with Gasteiger partial charge in [0.05, 0.1) is 25.4 Å². The molecule has 1 aliphatic heterocycles. The van der Waals surface area contributed by atoms with Crippen molar-refractivity contribution >= 4 is 12.4 Å². The van der Waals surface area contributed by atoms with Crippen LogP contribution >= 0.6 is 12.4 Å². The van der Waals surface area contributed by atoms with Gasteiger partial charge in [0.15, 0.2) is 0 Å². The van der Waals surface area contributed by atoms with Crippen LogP contribution in [0.25, 0.3) is 0 Å².